The highest BCUT2D eigenvalue weighted by Crippen LogP contribution is 2.19. The van der Waals surface area contributed by atoms with Crippen LogP contribution in [-0.4, -0.2) is 11.8 Å². The molecule has 2 rings (SSSR count). The number of nitrogens with one attached hydrogen (secondary N) is 1. The first-order chi connectivity index (χ1) is 10.1. The number of furan rings is 2. The summed E-state index contributed by atoms with van der Waals surface area (Å²) in [6, 6.07) is 3.09. The molecule has 2 amide bonds. The Bertz CT molecular complexity index is 715. The van der Waals surface area contributed by atoms with Gasteiger partial charge < -0.3 is 14.6 Å². The van der Waals surface area contributed by atoms with E-state index in [2.05, 4.69) is 0 Å². The highest BCUT2D eigenvalue weighted by Gasteiger charge is 2.15. The van der Waals surface area contributed by atoms with Crippen molar-refractivity contribution in [3.05, 3.63) is 47.3 Å². The van der Waals surface area contributed by atoms with E-state index in [0.29, 0.717) is 17.1 Å². The SMILES string of the molecule is Cc1cc(C(=O)NP(N)(N)=O)co1.Cc1cc(C(N)=O)co1. The fourth-order valence-electron chi connectivity index (χ4n) is 1.36. The molecule has 9 nitrogen and oxygen atoms in total. The van der Waals surface area contributed by atoms with E-state index in [1.54, 1.807) is 19.9 Å². The lowest BCUT2D eigenvalue weighted by molar-refractivity contribution is 0.0976. The Kier molecular flexibility index (Phi) is 5.69. The third-order valence-corrected chi connectivity index (χ3v) is 2.84. The van der Waals surface area contributed by atoms with Crippen LogP contribution >= 0.6 is 7.59 Å². The van der Waals surface area contributed by atoms with Crippen molar-refractivity contribution in [1.82, 2.24) is 5.09 Å². The molecule has 2 aromatic heterocycles. The Hall–Kier alpha value is -2.35. The van der Waals surface area contributed by atoms with Crippen LogP contribution in [0.4, 0.5) is 0 Å². The van der Waals surface area contributed by atoms with Crippen molar-refractivity contribution in [3.63, 3.8) is 0 Å². The lowest BCUT2D eigenvalue weighted by atomic mass is 10.3. The number of nitrogens with two attached hydrogens (primary N) is 3. The van der Waals surface area contributed by atoms with E-state index < -0.39 is 19.4 Å². The maximum Gasteiger partial charge on any atom is 0.300 e. The number of primary amides is 1. The highest BCUT2D eigenvalue weighted by atomic mass is 31.2. The van der Waals surface area contributed by atoms with Crippen LogP contribution in [0.15, 0.2) is 33.5 Å². The van der Waals surface area contributed by atoms with E-state index >= 15 is 0 Å². The predicted molar refractivity (Wildman–Crippen MR) is 78.9 cm³/mol. The molecule has 2 heterocycles. The van der Waals surface area contributed by atoms with Gasteiger partial charge in [0.15, 0.2) is 0 Å². The van der Waals surface area contributed by atoms with Crippen molar-refractivity contribution in [2.24, 2.45) is 16.7 Å². The summed E-state index contributed by atoms with van der Waals surface area (Å²) in [5, 5.41) is 1.96. The maximum absolute atomic E-state index is 11.2. The zero-order valence-electron chi connectivity index (χ0n) is 12.0. The molecule has 22 heavy (non-hydrogen) atoms. The fraction of sp³-hybridized carbons (Fsp3) is 0.167. The van der Waals surface area contributed by atoms with Gasteiger partial charge in [-0.2, -0.15) is 0 Å². The van der Waals surface area contributed by atoms with Crippen molar-refractivity contribution in [3.8, 4) is 0 Å². The minimum atomic E-state index is -3.52. The van der Waals surface area contributed by atoms with E-state index in [1.165, 1.54) is 18.6 Å². The minimum Gasteiger partial charge on any atom is -0.469 e. The number of carbonyl (C=O) groups is 2. The van der Waals surface area contributed by atoms with Gasteiger partial charge in [-0.1, -0.05) is 0 Å². The van der Waals surface area contributed by atoms with Crippen LogP contribution in [0.5, 0.6) is 0 Å². The molecule has 0 bridgehead atoms. The third-order valence-electron chi connectivity index (χ3n) is 2.28. The second kappa shape index (κ2) is 7.08. The maximum atomic E-state index is 11.2. The Morgan fingerprint density at radius 3 is 1.77 bits per heavy atom. The largest absolute Gasteiger partial charge is 0.469 e. The second-order valence-corrected chi connectivity index (χ2v) is 6.05. The molecule has 0 saturated carbocycles. The van der Waals surface area contributed by atoms with Gasteiger partial charge in [-0.05, 0) is 26.0 Å². The quantitative estimate of drug-likeness (QED) is 0.610. The number of aryl methyl sites for hydroxylation is 2. The van der Waals surface area contributed by atoms with E-state index in [0.717, 1.165) is 0 Å². The van der Waals surface area contributed by atoms with Crippen LogP contribution in [0.2, 0.25) is 0 Å². The standard InChI is InChI=1S/C6H10N3O3P.C6H7NO2/c1-4-2-5(3-12-4)6(10)9-13(7,8)11;1-4-2-5(3-9-4)6(7)8/h2-3H,1H3,(H5,7,8,9,10,11);2-3H,1H3,(H2,7,8). The van der Waals surface area contributed by atoms with Gasteiger partial charge in [0, 0.05) is 0 Å². The van der Waals surface area contributed by atoms with Crippen molar-refractivity contribution in [1.29, 1.82) is 0 Å². The lowest BCUT2D eigenvalue weighted by Crippen LogP contribution is -2.28. The fourth-order valence-corrected chi connectivity index (χ4v) is 1.80. The van der Waals surface area contributed by atoms with E-state index in [4.69, 9.17) is 25.6 Å². The van der Waals surface area contributed by atoms with E-state index in [-0.39, 0.29) is 5.56 Å². The van der Waals surface area contributed by atoms with Crippen LogP contribution in [0.25, 0.3) is 0 Å². The first kappa shape index (κ1) is 17.7. The summed E-state index contributed by atoms with van der Waals surface area (Å²) in [4.78, 5) is 21.5. The molecular formula is C12H17N4O5P. The normalized spacial score (nSPS) is 10.5. The summed E-state index contributed by atoms with van der Waals surface area (Å²) in [6.07, 6.45) is 2.58. The van der Waals surface area contributed by atoms with Gasteiger partial charge in [0.1, 0.15) is 24.0 Å². The van der Waals surface area contributed by atoms with Crippen LogP contribution < -0.4 is 21.8 Å². The number of carbonyl (C=O) groups excluding carboxylic acids is 2. The van der Waals surface area contributed by atoms with Gasteiger partial charge in [-0.3, -0.25) is 30.2 Å². The molecule has 0 aromatic carbocycles. The smallest absolute Gasteiger partial charge is 0.300 e. The van der Waals surface area contributed by atoms with Gasteiger partial charge in [-0.15, -0.1) is 0 Å². The molecule has 2 aromatic rings. The summed E-state index contributed by atoms with van der Waals surface area (Å²) in [5.74, 6) is 0.217. The molecule has 0 fully saturated rings. The molecule has 0 aliphatic carbocycles. The molecule has 0 saturated heterocycles. The van der Waals surface area contributed by atoms with Gasteiger partial charge in [0.2, 0.25) is 0 Å². The van der Waals surface area contributed by atoms with Crippen molar-refractivity contribution >= 4 is 19.4 Å². The molecular weight excluding hydrogens is 311 g/mol. The number of hydrogen-bond donors (Lipinski definition) is 4. The summed E-state index contributed by atoms with van der Waals surface area (Å²) in [7, 11) is -3.52. The Balaban J connectivity index is 0.000000235. The zero-order chi connectivity index (χ0) is 16.9. The number of rotatable bonds is 3. The molecule has 0 aliphatic rings. The molecule has 0 radical (unpaired) electrons. The first-order valence-corrected chi connectivity index (χ1v) is 7.83. The molecule has 10 heteroatoms. The number of amides is 2. The van der Waals surface area contributed by atoms with Crippen molar-refractivity contribution in [2.45, 2.75) is 13.8 Å². The van der Waals surface area contributed by atoms with Gasteiger partial charge in [0.05, 0.1) is 11.1 Å². The zero-order valence-corrected chi connectivity index (χ0v) is 12.9. The molecule has 0 atom stereocenters. The lowest BCUT2D eigenvalue weighted by Gasteiger charge is -2.06. The summed E-state index contributed by atoms with van der Waals surface area (Å²) < 4.78 is 20.5. The summed E-state index contributed by atoms with van der Waals surface area (Å²) >= 11 is 0. The third kappa shape index (κ3) is 5.96. The average Bonchev–Trinajstić information content (AvgIpc) is 2.96. The van der Waals surface area contributed by atoms with Crippen LogP contribution in [0.3, 0.4) is 0 Å². The Morgan fingerprint density at radius 1 is 1.05 bits per heavy atom. The molecule has 0 spiro atoms. The number of hydrogen-bond acceptors (Lipinski definition) is 5. The second-order valence-electron chi connectivity index (χ2n) is 4.41. The average molecular weight is 328 g/mol. The van der Waals surface area contributed by atoms with Gasteiger partial charge in [-0.25, -0.2) is 0 Å². The van der Waals surface area contributed by atoms with Gasteiger partial charge >= 0.3 is 7.59 Å². The predicted octanol–water partition coefficient (Wildman–Crippen LogP) is 1.03. The van der Waals surface area contributed by atoms with Crippen LogP contribution in [0, 0.1) is 13.8 Å². The molecule has 0 aliphatic heterocycles. The summed E-state index contributed by atoms with van der Waals surface area (Å²) in [6.45, 7) is 3.44. The Labute approximate surface area is 126 Å². The van der Waals surface area contributed by atoms with E-state index in [9.17, 15) is 14.2 Å². The summed E-state index contributed by atoms with van der Waals surface area (Å²) in [5.41, 5.74) is 15.5. The van der Waals surface area contributed by atoms with Crippen LogP contribution in [0.1, 0.15) is 32.2 Å². The topological polar surface area (TPSA) is 168 Å². The van der Waals surface area contributed by atoms with Gasteiger partial charge in [0.25, 0.3) is 11.8 Å². The van der Waals surface area contributed by atoms with E-state index in [1.807, 2.05) is 5.09 Å². The first-order valence-electron chi connectivity index (χ1n) is 5.98. The monoisotopic (exact) mass is 328 g/mol. The van der Waals surface area contributed by atoms with Crippen molar-refractivity contribution < 1.29 is 23.0 Å². The minimum absolute atomic E-state index is 0.244. The highest BCUT2D eigenvalue weighted by molar-refractivity contribution is 7.57. The molecule has 120 valence electrons. The van der Waals surface area contributed by atoms with Crippen molar-refractivity contribution in [2.75, 3.05) is 0 Å². The molecule has 0 unspecified atom stereocenters. The molecule has 7 N–H and O–H groups in total. The van der Waals surface area contributed by atoms with Crippen LogP contribution in [-0.2, 0) is 4.57 Å². The Morgan fingerprint density at radius 2 is 1.50 bits per heavy atom.